The number of hydrogen-bond donors (Lipinski definition) is 1. The fourth-order valence-corrected chi connectivity index (χ4v) is 4.97. The van der Waals surface area contributed by atoms with Gasteiger partial charge in [0.25, 0.3) is 5.91 Å². The Kier molecular flexibility index (Phi) is 7.28. The number of aryl methyl sites for hydroxylation is 2. The summed E-state index contributed by atoms with van der Waals surface area (Å²) in [7, 11) is -4.03. The molecule has 0 aromatic heterocycles. The Morgan fingerprint density at radius 1 is 0.943 bits per heavy atom. The van der Waals surface area contributed by atoms with E-state index >= 15 is 0 Å². The lowest BCUT2D eigenvalue weighted by atomic mass is 10.2. The number of ether oxygens (including phenoxy) is 1. The summed E-state index contributed by atoms with van der Waals surface area (Å²) in [6.45, 7) is 5.97. The number of benzene rings is 3. The van der Waals surface area contributed by atoms with Crippen molar-refractivity contribution in [2.45, 2.75) is 25.7 Å². The molecule has 1 amide bonds. The van der Waals surface area contributed by atoms with E-state index in [4.69, 9.17) is 8.92 Å². The Morgan fingerprint density at radius 2 is 1.60 bits per heavy atom. The van der Waals surface area contributed by atoms with Crippen molar-refractivity contribution in [3.63, 3.8) is 0 Å². The number of amidine groups is 1. The van der Waals surface area contributed by atoms with Crippen LogP contribution in [0.2, 0.25) is 0 Å². The van der Waals surface area contributed by atoms with Gasteiger partial charge in [0.1, 0.15) is 4.90 Å². The molecule has 180 valence electrons. The minimum absolute atomic E-state index is 0.0520. The summed E-state index contributed by atoms with van der Waals surface area (Å²) in [5, 5.41) is 3.25. The van der Waals surface area contributed by atoms with Crippen molar-refractivity contribution in [1.82, 2.24) is 5.32 Å². The van der Waals surface area contributed by atoms with E-state index in [0.29, 0.717) is 22.2 Å². The smallest absolute Gasteiger partial charge is 0.339 e. The summed E-state index contributed by atoms with van der Waals surface area (Å²) in [6, 6.07) is 18.9. The van der Waals surface area contributed by atoms with Crippen LogP contribution < -0.4 is 14.2 Å². The number of thioether (sulfide) groups is 1. The highest BCUT2D eigenvalue weighted by atomic mass is 32.2. The van der Waals surface area contributed by atoms with Crippen LogP contribution in [0, 0.1) is 13.8 Å². The first kappa shape index (κ1) is 24.6. The van der Waals surface area contributed by atoms with Crippen LogP contribution in [0.1, 0.15) is 23.6 Å². The molecule has 0 unspecified atom stereocenters. The van der Waals surface area contributed by atoms with Crippen LogP contribution >= 0.6 is 11.8 Å². The number of hydrogen-bond acceptors (Lipinski definition) is 7. The summed E-state index contributed by atoms with van der Waals surface area (Å²) >= 11 is 1.23. The maximum Gasteiger partial charge on any atom is 0.339 e. The van der Waals surface area contributed by atoms with Crippen molar-refractivity contribution in [2.75, 3.05) is 6.61 Å². The lowest BCUT2D eigenvalue weighted by molar-refractivity contribution is -0.115. The van der Waals surface area contributed by atoms with Gasteiger partial charge in [0, 0.05) is 0 Å². The predicted octanol–water partition coefficient (Wildman–Crippen LogP) is 5.36. The third-order valence-corrected chi connectivity index (χ3v) is 7.15. The van der Waals surface area contributed by atoms with Crippen LogP contribution in [0.3, 0.4) is 0 Å². The average molecular weight is 509 g/mol. The van der Waals surface area contributed by atoms with Gasteiger partial charge in [-0.15, -0.1) is 0 Å². The average Bonchev–Trinajstić information content (AvgIpc) is 3.16. The monoisotopic (exact) mass is 508 g/mol. The number of carbonyl (C=O) groups is 1. The number of amides is 1. The van der Waals surface area contributed by atoms with Gasteiger partial charge in [0.05, 0.1) is 17.2 Å². The van der Waals surface area contributed by atoms with Crippen LogP contribution in [0.15, 0.2) is 81.5 Å². The molecule has 9 heteroatoms. The van der Waals surface area contributed by atoms with Crippen molar-refractivity contribution >= 4 is 44.7 Å². The molecule has 4 rings (SSSR count). The van der Waals surface area contributed by atoms with Crippen LogP contribution in [-0.2, 0) is 14.9 Å². The summed E-state index contributed by atoms with van der Waals surface area (Å²) in [5.74, 6) is 0.0651. The fraction of sp³-hybridized carbons (Fsp3) is 0.154. The molecule has 1 aliphatic heterocycles. The SMILES string of the molecule is CCOc1cc(/C=C2\SC(=Nc3ccc(C)cc3)NC2=O)ccc1OS(=O)(=O)c1ccc(C)cc1. The van der Waals surface area contributed by atoms with E-state index in [1.54, 1.807) is 37.3 Å². The van der Waals surface area contributed by atoms with Crippen molar-refractivity contribution in [1.29, 1.82) is 0 Å². The molecule has 7 nitrogen and oxygen atoms in total. The van der Waals surface area contributed by atoms with E-state index in [2.05, 4.69) is 10.3 Å². The largest absolute Gasteiger partial charge is 0.490 e. The van der Waals surface area contributed by atoms with Crippen LogP contribution in [0.25, 0.3) is 6.08 Å². The van der Waals surface area contributed by atoms with Gasteiger partial charge in [0.2, 0.25) is 0 Å². The Balaban J connectivity index is 1.57. The van der Waals surface area contributed by atoms with E-state index < -0.39 is 10.1 Å². The molecule has 0 spiro atoms. The Labute approximate surface area is 209 Å². The Hall–Kier alpha value is -3.56. The number of rotatable bonds is 7. The van der Waals surface area contributed by atoms with Crippen molar-refractivity contribution in [3.05, 3.63) is 88.3 Å². The highest BCUT2D eigenvalue weighted by molar-refractivity contribution is 8.18. The van der Waals surface area contributed by atoms with E-state index in [9.17, 15) is 13.2 Å². The lowest BCUT2D eigenvalue weighted by Crippen LogP contribution is -2.19. The van der Waals surface area contributed by atoms with Crippen LogP contribution in [0.4, 0.5) is 5.69 Å². The van der Waals surface area contributed by atoms with Gasteiger partial charge in [-0.1, -0.05) is 41.5 Å². The van der Waals surface area contributed by atoms with Crippen molar-refractivity contribution in [3.8, 4) is 11.5 Å². The standard InChI is InChI=1S/C26H24N2O5S2/c1-4-32-23-15-19(9-14-22(23)33-35(30,31)21-12-7-18(3)8-13-21)16-24-25(29)28-26(34-24)27-20-10-5-17(2)6-11-20/h5-16H,4H2,1-3H3,(H,27,28,29)/b24-16-. The number of nitrogens with one attached hydrogen (secondary N) is 1. The first-order valence-electron chi connectivity index (χ1n) is 10.9. The third-order valence-electron chi connectivity index (χ3n) is 4.99. The highest BCUT2D eigenvalue weighted by Gasteiger charge is 2.24. The molecule has 1 N–H and O–H groups in total. The molecule has 0 bridgehead atoms. The lowest BCUT2D eigenvalue weighted by Gasteiger charge is -2.13. The van der Waals surface area contributed by atoms with Gasteiger partial charge < -0.3 is 14.2 Å². The molecule has 3 aromatic carbocycles. The Bertz CT molecular complexity index is 1410. The van der Waals surface area contributed by atoms with Gasteiger partial charge >= 0.3 is 10.1 Å². The molecule has 1 fully saturated rings. The highest BCUT2D eigenvalue weighted by Crippen LogP contribution is 2.34. The molecule has 1 saturated heterocycles. The second-order valence-electron chi connectivity index (χ2n) is 7.81. The zero-order valence-electron chi connectivity index (χ0n) is 19.4. The third kappa shape index (κ3) is 6.12. The molecule has 35 heavy (non-hydrogen) atoms. The predicted molar refractivity (Wildman–Crippen MR) is 139 cm³/mol. The topological polar surface area (TPSA) is 94.1 Å². The summed E-state index contributed by atoms with van der Waals surface area (Å²) in [4.78, 5) is 17.4. The number of nitrogens with zero attached hydrogens (tertiary/aromatic N) is 1. The van der Waals surface area contributed by atoms with Crippen LogP contribution in [0.5, 0.6) is 11.5 Å². The molecule has 1 heterocycles. The molecule has 0 atom stereocenters. The summed E-state index contributed by atoms with van der Waals surface area (Å²) in [6.07, 6.45) is 1.69. The zero-order valence-corrected chi connectivity index (χ0v) is 21.1. The normalized spacial score (nSPS) is 15.9. The molecular formula is C26H24N2O5S2. The molecule has 1 aliphatic rings. The van der Waals surface area contributed by atoms with Gasteiger partial charge in [-0.2, -0.15) is 8.42 Å². The minimum atomic E-state index is -4.03. The Morgan fingerprint density at radius 3 is 2.26 bits per heavy atom. The van der Waals surface area contributed by atoms with E-state index in [-0.39, 0.29) is 22.3 Å². The molecule has 0 saturated carbocycles. The molecule has 0 radical (unpaired) electrons. The molecular weight excluding hydrogens is 484 g/mol. The molecule has 3 aromatic rings. The number of aliphatic imine (C=N–C) groups is 1. The van der Waals surface area contributed by atoms with Gasteiger partial charge in [-0.05, 0) is 80.6 Å². The van der Waals surface area contributed by atoms with Gasteiger partial charge in [-0.25, -0.2) is 4.99 Å². The number of carbonyl (C=O) groups excluding carboxylic acids is 1. The molecule has 0 aliphatic carbocycles. The van der Waals surface area contributed by atoms with Crippen LogP contribution in [-0.4, -0.2) is 26.1 Å². The second kappa shape index (κ2) is 10.4. The summed E-state index contributed by atoms with van der Waals surface area (Å²) in [5.41, 5.74) is 3.47. The zero-order chi connectivity index (χ0) is 25.0. The fourth-order valence-electron chi connectivity index (χ4n) is 3.19. The first-order valence-corrected chi connectivity index (χ1v) is 13.1. The minimum Gasteiger partial charge on any atom is -0.490 e. The van der Waals surface area contributed by atoms with E-state index in [1.165, 1.54) is 30.0 Å². The first-order chi connectivity index (χ1) is 16.7. The van der Waals surface area contributed by atoms with Gasteiger partial charge in [0.15, 0.2) is 16.7 Å². The quantitative estimate of drug-likeness (QED) is 0.341. The van der Waals surface area contributed by atoms with E-state index in [0.717, 1.165) is 16.8 Å². The van der Waals surface area contributed by atoms with Crippen molar-refractivity contribution < 1.29 is 22.1 Å². The summed E-state index contributed by atoms with van der Waals surface area (Å²) < 4.78 is 36.4. The van der Waals surface area contributed by atoms with E-state index in [1.807, 2.05) is 38.1 Å². The van der Waals surface area contributed by atoms with Gasteiger partial charge in [-0.3, -0.25) is 4.79 Å². The maximum atomic E-state index is 12.7. The maximum absolute atomic E-state index is 12.7. The van der Waals surface area contributed by atoms with Crippen molar-refractivity contribution in [2.24, 2.45) is 4.99 Å². The second-order valence-corrected chi connectivity index (χ2v) is 10.4.